The number of nitrogens with one attached hydrogen (secondary N) is 1. The maximum atomic E-state index is 13.2. The van der Waals surface area contributed by atoms with Crippen LogP contribution in [0.1, 0.15) is 29.7 Å². The van der Waals surface area contributed by atoms with Crippen LogP contribution in [0, 0.1) is 5.82 Å². The molecule has 5 nitrogen and oxygen atoms in total. The summed E-state index contributed by atoms with van der Waals surface area (Å²) in [6.45, 7) is 4.70. The summed E-state index contributed by atoms with van der Waals surface area (Å²) in [5, 5.41) is 3.46. The number of aliphatic imine (C=N–C) groups is 1. The Kier molecular flexibility index (Phi) is 7.01. The second kappa shape index (κ2) is 9.66. The number of ether oxygens (including phenoxy) is 2. The summed E-state index contributed by atoms with van der Waals surface area (Å²) in [7, 11) is 3.49. The quantitative estimate of drug-likeness (QED) is 0.632. The molecule has 2 aromatic carbocycles. The lowest BCUT2D eigenvalue weighted by atomic mass is 10.1. The summed E-state index contributed by atoms with van der Waals surface area (Å²) < 4.78 is 24.6. The lowest BCUT2D eigenvalue weighted by Crippen LogP contribution is -2.50. The number of rotatable bonds is 5. The van der Waals surface area contributed by atoms with Crippen molar-refractivity contribution in [2.24, 2.45) is 4.99 Å². The second-order valence-corrected chi connectivity index (χ2v) is 6.99. The zero-order chi connectivity index (χ0) is 19.9. The van der Waals surface area contributed by atoms with E-state index in [1.165, 1.54) is 17.7 Å². The number of halogens is 1. The topological polar surface area (TPSA) is 46.1 Å². The van der Waals surface area contributed by atoms with E-state index in [0.717, 1.165) is 23.6 Å². The van der Waals surface area contributed by atoms with Crippen LogP contribution in [0.25, 0.3) is 0 Å². The van der Waals surface area contributed by atoms with Crippen molar-refractivity contribution in [3.63, 3.8) is 0 Å². The summed E-state index contributed by atoms with van der Waals surface area (Å²) in [4.78, 5) is 6.66. The summed E-state index contributed by atoms with van der Waals surface area (Å²) in [6.07, 6.45) is -0.0770. The zero-order valence-corrected chi connectivity index (χ0v) is 16.7. The van der Waals surface area contributed by atoms with Crippen LogP contribution in [0.4, 0.5) is 4.39 Å². The Labute approximate surface area is 166 Å². The van der Waals surface area contributed by atoms with Gasteiger partial charge < -0.3 is 19.7 Å². The lowest BCUT2D eigenvalue weighted by Gasteiger charge is -2.38. The maximum Gasteiger partial charge on any atom is 0.194 e. The molecule has 0 aromatic heterocycles. The summed E-state index contributed by atoms with van der Waals surface area (Å²) >= 11 is 0. The molecule has 0 bridgehead atoms. The number of guanidine groups is 1. The van der Waals surface area contributed by atoms with E-state index in [1.807, 2.05) is 19.1 Å². The smallest absolute Gasteiger partial charge is 0.194 e. The fourth-order valence-electron chi connectivity index (χ4n) is 3.52. The highest BCUT2D eigenvalue weighted by molar-refractivity contribution is 5.80. The number of hydrogen-bond acceptors (Lipinski definition) is 3. The molecule has 2 aromatic rings. The molecule has 0 amide bonds. The van der Waals surface area contributed by atoms with Gasteiger partial charge in [-0.2, -0.15) is 0 Å². The predicted molar refractivity (Wildman–Crippen MR) is 109 cm³/mol. The normalized spacial score (nSPS) is 20.3. The van der Waals surface area contributed by atoms with Crippen molar-refractivity contribution in [3.05, 3.63) is 71.0 Å². The summed E-state index contributed by atoms with van der Waals surface area (Å²) in [5.74, 6) is 0.589. The van der Waals surface area contributed by atoms with Gasteiger partial charge >= 0.3 is 0 Å². The third-order valence-electron chi connectivity index (χ3n) is 4.87. The number of nitrogens with zero attached hydrogens (tertiary/aromatic N) is 2. The molecule has 0 saturated carbocycles. The van der Waals surface area contributed by atoms with Crippen LogP contribution >= 0.6 is 0 Å². The minimum absolute atomic E-state index is 0.0446. The van der Waals surface area contributed by atoms with E-state index in [0.29, 0.717) is 19.7 Å². The number of benzene rings is 2. The molecule has 0 radical (unpaired) electrons. The molecule has 1 N–H and O–H groups in total. The first kappa shape index (κ1) is 20.3. The van der Waals surface area contributed by atoms with E-state index in [4.69, 9.17) is 9.47 Å². The van der Waals surface area contributed by atoms with E-state index >= 15 is 0 Å². The molecule has 1 fully saturated rings. The number of methoxy groups -OCH3 is 1. The van der Waals surface area contributed by atoms with Crippen LogP contribution < -0.4 is 5.32 Å². The van der Waals surface area contributed by atoms with Gasteiger partial charge in [-0.25, -0.2) is 4.39 Å². The minimum Gasteiger partial charge on any atom is -0.380 e. The van der Waals surface area contributed by atoms with Crippen LogP contribution in [-0.2, 0) is 22.6 Å². The Hall–Kier alpha value is -2.44. The second-order valence-electron chi connectivity index (χ2n) is 6.99. The van der Waals surface area contributed by atoms with Gasteiger partial charge in [0, 0.05) is 27.2 Å². The fourth-order valence-corrected chi connectivity index (χ4v) is 3.52. The highest BCUT2D eigenvalue weighted by Crippen LogP contribution is 2.25. The molecular weight excluding hydrogens is 357 g/mol. The molecule has 1 heterocycles. The SMILES string of the molecule is CN=C(NCc1ccccc1COC)N1CC(C)OC(c2ccc(F)cc2)C1. The largest absolute Gasteiger partial charge is 0.380 e. The van der Waals surface area contributed by atoms with Gasteiger partial charge in [-0.1, -0.05) is 36.4 Å². The Bertz CT molecular complexity index is 795. The third kappa shape index (κ3) is 5.09. The maximum absolute atomic E-state index is 13.2. The predicted octanol–water partition coefficient (Wildman–Crippen LogP) is 3.51. The molecule has 1 aliphatic heterocycles. The van der Waals surface area contributed by atoms with Crippen LogP contribution in [0.3, 0.4) is 0 Å². The van der Waals surface area contributed by atoms with E-state index in [9.17, 15) is 4.39 Å². The Morgan fingerprint density at radius 2 is 1.89 bits per heavy atom. The summed E-state index contributed by atoms with van der Waals surface area (Å²) in [6, 6.07) is 14.7. The molecule has 3 rings (SSSR count). The monoisotopic (exact) mass is 385 g/mol. The first-order valence-corrected chi connectivity index (χ1v) is 9.53. The van der Waals surface area contributed by atoms with E-state index in [-0.39, 0.29) is 18.0 Å². The highest BCUT2D eigenvalue weighted by Gasteiger charge is 2.28. The molecule has 6 heteroatoms. The molecule has 2 unspecified atom stereocenters. The minimum atomic E-state index is -0.239. The van der Waals surface area contributed by atoms with E-state index in [2.05, 4.69) is 27.3 Å². The van der Waals surface area contributed by atoms with Crippen LogP contribution in [0.15, 0.2) is 53.5 Å². The zero-order valence-electron chi connectivity index (χ0n) is 16.7. The van der Waals surface area contributed by atoms with Gasteiger partial charge in [0.05, 0.1) is 19.3 Å². The average molecular weight is 385 g/mol. The van der Waals surface area contributed by atoms with Crippen molar-refractivity contribution in [1.82, 2.24) is 10.2 Å². The van der Waals surface area contributed by atoms with Gasteiger partial charge in [0.15, 0.2) is 5.96 Å². The van der Waals surface area contributed by atoms with Crippen molar-refractivity contribution in [2.45, 2.75) is 32.3 Å². The van der Waals surface area contributed by atoms with Crippen molar-refractivity contribution < 1.29 is 13.9 Å². The van der Waals surface area contributed by atoms with Crippen LogP contribution in [0.2, 0.25) is 0 Å². The van der Waals surface area contributed by atoms with Crippen LogP contribution in [-0.4, -0.2) is 44.2 Å². The first-order chi connectivity index (χ1) is 13.6. The molecule has 1 aliphatic rings. The van der Waals surface area contributed by atoms with E-state index < -0.39 is 0 Å². The van der Waals surface area contributed by atoms with Gasteiger partial charge in [0.25, 0.3) is 0 Å². The molecular formula is C22H28FN3O2. The molecule has 150 valence electrons. The molecule has 0 spiro atoms. The first-order valence-electron chi connectivity index (χ1n) is 9.53. The van der Waals surface area contributed by atoms with Gasteiger partial charge in [-0.15, -0.1) is 0 Å². The molecule has 0 aliphatic carbocycles. The van der Waals surface area contributed by atoms with Crippen molar-refractivity contribution in [1.29, 1.82) is 0 Å². The number of hydrogen-bond donors (Lipinski definition) is 1. The Balaban J connectivity index is 1.69. The van der Waals surface area contributed by atoms with Gasteiger partial charge in [-0.05, 0) is 35.7 Å². The Morgan fingerprint density at radius 1 is 1.18 bits per heavy atom. The van der Waals surface area contributed by atoms with Crippen molar-refractivity contribution >= 4 is 5.96 Å². The third-order valence-corrected chi connectivity index (χ3v) is 4.87. The van der Waals surface area contributed by atoms with E-state index in [1.54, 1.807) is 26.3 Å². The Morgan fingerprint density at radius 3 is 2.57 bits per heavy atom. The van der Waals surface area contributed by atoms with Crippen molar-refractivity contribution in [2.75, 3.05) is 27.2 Å². The molecule has 1 saturated heterocycles. The van der Waals surface area contributed by atoms with Crippen molar-refractivity contribution in [3.8, 4) is 0 Å². The lowest BCUT2D eigenvalue weighted by molar-refractivity contribution is -0.0605. The average Bonchev–Trinajstić information content (AvgIpc) is 2.70. The van der Waals surface area contributed by atoms with Gasteiger partial charge in [-0.3, -0.25) is 4.99 Å². The van der Waals surface area contributed by atoms with Gasteiger partial charge in [0.2, 0.25) is 0 Å². The molecule has 2 atom stereocenters. The standard InChI is InChI=1S/C22H28FN3O2/c1-16-13-26(14-21(28-16)17-8-10-20(23)11-9-17)22(24-2)25-12-18-6-4-5-7-19(18)15-27-3/h4-11,16,21H,12-15H2,1-3H3,(H,24,25). The molecule has 28 heavy (non-hydrogen) atoms. The highest BCUT2D eigenvalue weighted by atomic mass is 19.1. The fraction of sp³-hybridized carbons (Fsp3) is 0.409. The van der Waals surface area contributed by atoms with Crippen LogP contribution in [0.5, 0.6) is 0 Å². The number of morpholine rings is 1. The summed E-state index contributed by atoms with van der Waals surface area (Å²) in [5.41, 5.74) is 3.31. The van der Waals surface area contributed by atoms with Gasteiger partial charge in [0.1, 0.15) is 11.9 Å².